The number of rotatable bonds is 6. The molecule has 3 heterocycles. The smallest absolute Gasteiger partial charge is 0.326 e. The van der Waals surface area contributed by atoms with Crippen LogP contribution < -0.4 is 9.80 Å². The Bertz CT molecular complexity index is 1390. The molecule has 2 aliphatic heterocycles. The first-order valence-electron chi connectivity index (χ1n) is 11.7. The van der Waals surface area contributed by atoms with Crippen molar-refractivity contribution < 1.29 is 37.7 Å². The second kappa shape index (κ2) is 9.94. The van der Waals surface area contributed by atoms with Gasteiger partial charge in [-0.25, -0.2) is 22.9 Å². The number of fused-ring (bicyclic) bond motifs is 1. The molecule has 2 aliphatic rings. The van der Waals surface area contributed by atoms with Gasteiger partial charge in [0.2, 0.25) is 0 Å². The quantitative estimate of drug-likeness (QED) is 0.377. The summed E-state index contributed by atoms with van der Waals surface area (Å²) in [7, 11) is 0. The molecule has 194 valence electrons. The number of carboxylic acids is 1. The largest absolute Gasteiger partial charge is 0.480 e. The van der Waals surface area contributed by atoms with Crippen LogP contribution in [0.4, 0.5) is 24.7 Å². The highest BCUT2D eigenvalue weighted by Crippen LogP contribution is 2.34. The summed E-state index contributed by atoms with van der Waals surface area (Å²) < 4.78 is 50.2. The number of aliphatic hydroxyl groups excluding tert-OH is 1. The van der Waals surface area contributed by atoms with Gasteiger partial charge in [-0.2, -0.15) is 0 Å². The molecule has 0 amide bonds. The summed E-state index contributed by atoms with van der Waals surface area (Å²) in [4.78, 5) is 36.6. The lowest BCUT2D eigenvalue weighted by Crippen LogP contribution is -2.48. The molecule has 0 aliphatic carbocycles. The number of morpholine rings is 1. The van der Waals surface area contributed by atoms with Crippen LogP contribution in [0.1, 0.15) is 28.8 Å². The number of halogens is 3. The molecule has 12 heteroatoms. The van der Waals surface area contributed by atoms with Gasteiger partial charge >= 0.3 is 5.97 Å². The Labute approximate surface area is 209 Å². The van der Waals surface area contributed by atoms with Crippen molar-refractivity contribution in [1.82, 2.24) is 9.97 Å². The van der Waals surface area contributed by atoms with Gasteiger partial charge in [0.1, 0.15) is 11.9 Å². The maximum Gasteiger partial charge on any atom is 0.326 e. The fourth-order valence-electron chi connectivity index (χ4n) is 4.84. The summed E-state index contributed by atoms with van der Waals surface area (Å²) in [5, 5.41) is 19.1. The van der Waals surface area contributed by atoms with Crippen LogP contribution in [-0.2, 0) is 9.53 Å². The number of aromatic nitrogens is 2. The number of benzene rings is 2. The number of anilines is 2. The van der Waals surface area contributed by atoms with E-state index in [0.717, 1.165) is 4.90 Å². The SMILES string of the molecule is O=C(c1ccc2ncc(N3CCOCC3CO)nc2c1)c1c(F)c(F)cc(N2CCC[C@H]2C(=O)O)c1F. The minimum atomic E-state index is -1.66. The van der Waals surface area contributed by atoms with Gasteiger partial charge in [0.05, 0.1) is 54.3 Å². The van der Waals surface area contributed by atoms with E-state index in [4.69, 9.17) is 4.74 Å². The number of ether oxygens (including phenoxy) is 1. The number of aliphatic carboxylic acids is 1. The molecule has 5 rings (SSSR count). The van der Waals surface area contributed by atoms with Crippen LogP contribution in [0, 0.1) is 17.5 Å². The normalized spacial score (nSPS) is 20.0. The van der Waals surface area contributed by atoms with Crippen LogP contribution in [0.3, 0.4) is 0 Å². The van der Waals surface area contributed by atoms with Crippen molar-refractivity contribution in [2.75, 3.05) is 42.7 Å². The maximum absolute atomic E-state index is 15.5. The van der Waals surface area contributed by atoms with E-state index in [9.17, 15) is 28.6 Å². The molecule has 0 saturated carbocycles. The lowest BCUT2D eigenvalue weighted by Gasteiger charge is -2.35. The number of hydrogen-bond donors (Lipinski definition) is 2. The molecule has 9 nitrogen and oxygen atoms in total. The summed E-state index contributed by atoms with van der Waals surface area (Å²) in [5.74, 6) is -6.34. The topological polar surface area (TPSA) is 116 Å². The summed E-state index contributed by atoms with van der Waals surface area (Å²) >= 11 is 0. The highest BCUT2D eigenvalue weighted by Gasteiger charge is 2.35. The van der Waals surface area contributed by atoms with Gasteiger partial charge in [0.15, 0.2) is 23.2 Å². The Kier molecular flexibility index (Phi) is 6.69. The second-order valence-corrected chi connectivity index (χ2v) is 8.94. The fourth-order valence-corrected chi connectivity index (χ4v) is 4.84. The zero-order valence-corrected chi connectivity index (χ0v) is 19.5. The Morgan fingerprint density at radius 3 is 2.65 bits per heavy atom. The number of carbonyl (C=O) groups is 2. The van der Waals surface area contributed by atoms with Crippen LogP contribution in [-0.4, -0.2) is 76.9 Å². The third-order valence-electron chi connectivity index (χ3n) is 6.74. The zero-order chi connectivity index (χ0) is 26.3. The summed E-state index contributed by atoms with van der Waals surface area (Å²) in [6.07, 6.45) is 2.15. The van der Waals surface area contributed by atoms with Crippen molar-refractivity contribution in [3.63, 3.8) is 0 Å². The zero-order valence-electron chi connectivity index (χ0n) is 19.5. The molecule has 3 aromatic rings. The number of ketones is 1. The first kappa shape index (κ1) is 24.9. The standard InChI is InChI=1S/C25H23F3N4O5/c26-15-9-19(32-5-1-2-18(32)25(35)36)23(28)21(22(15)27)24(34)13-3-4-16-17(8-13)30-20(10-29-16)31-6-7-37-12-14(31)11-33/h3-4,8-10,14,18,33H,1-2,5-7,11-12H2,(H,35,36)/t14?,18-/m0/s1. The number of aliphatic hydroxyl groups is 1. The van der Waals surface area contributed by atoms with Crippen LogP contribution in [0.2, 0.25) is 0 Å². The summed E-state index contributed by atoms with van der Waals surface area (Å²) in [5.41, 5.74) is -1.06. The molecular formula is C25H23F3N4O5. The van der Waals surface area contributed by atoms with E-state index in [0.29, 0.717) is 43.6 Å². The third-order valence-corrected chi connectivity index (χ3v) is 6.74. The van der Waals surface area contributed by atoms with Crippen molar-refractivity contribution in [2.24, 2.45) is 0 Å². The van der Waals surface area contributed by atoms with Gasteiger partial charge in [-0.15, -0.1) is 0 Å². The van der Waals surface area contributed by atoms with E-state index >= 15 is 4.39 Å². The maximum atomic E-state index is 15.5. The monoisotopic (exact) mass is 516 g/mol. The number of carboxylic acid groups (broad SMARTS) is 1. The average molecular weight is 516 g/mol. The molecule has 2 saturated heterocycles. The minimum absolute atomic E-state index is 0.122. The highest BCUT2D eigenvalue weighted by molar-refractivity contribution is 6.11. The molecule has 37 heavy (non-hydrogen) atoms. The first-order chi connectivity index (χ1) is 17.8. The molecule has 0 spiro atoms. The van der Waals surface area contributed by atoms with Gasteiger partial charge in [-0.05, 0) is 31.0 Å². The number of carbonyl (C=O) groups excluding carboxylic acids is 1. The van der Waals surface area contributed by atoms with E-state index in [1.54, 1.807) is 0 Å². The van der Waals surface area contributed by atoms with Gasteiger partial charge < -0.3 is 24.7 Å². The molecular weight excluding hydrogens is 493 g/mol. The van der Waals surface area contributed by atoms with E-state index in [-0.39, 0.29) is 36.7 Å². The summed E-state index contributed by atoms with van der Waals surface area (Å²) in [6.45, 7) is 1.14. The molecule has 2 aromatic carbocycles. The predicted molar refractivity (Wildman–Crippen MR) is 126 cm³/mol. The van der Waals surface area contributed by atoms with Crippen LogP contribution in [0.5, 0.6) is 0 Å². The Balaban J connectivity index is 1.54. The van der Waals surface area contributed by atoms with E-state index in [2.05, 4.69) is 9.97 Å². The first-order valence-corrected chi connectivity index (χ1v) is 11.7. The Morgan fingerprint density at radius 1 is 1.08 bits per heavy atom. The van der Waals surface area contributed by atoms with Crippen LogP contribution >= 0.6 is 0 Å². The molecule has 1 aromatic heterocycles. The van der Waals surface area contributed by atoms with Gasteiger partial charge in [-0.3, -0.25) is 9.78 Å². The molecule has 0 radical (unpaired) electrons. The van der Waals surface area contributed by atoms with Gasteiger partial charge in [0.25, 0.3) is 0 Å². The van der Waals surface area contributed by atoms with E-state index < -0.39 is 46.5 Å². The molecule has 2 N–H and O–H groups in total. The molecule has 2 atom stereocenters. The molecule has 1 unspecified atom stereocenters. The minimum Gasteiger partial charge on any atom is -0.480 e. The van der Waals surface area contributed by atoms with Crippen molar-refractivity contribution in [3.8, 4) is 0 Å². The van der Waals surface area contributed by atoms with Gasteiger partial charge in [0, 0.05) is 24.7 Å². The van der Waals surface area contributed by atoms with Gasteiger partial charge in [-0.1, -0.05) is 0 Å². The van der Waals surface area contributed by atoms with Crippen LogP contribution in [0.15, 0.2) is 30.5 Å². The van der Waals surface area contributed by atoms with Crippen molar-refractivity contribution in [3.05, 3.63) is 59.0 Å². The summed E-state index contributed by atoms with van der Waals surface area (Å²) in [6, 6.07) is 3.21. The third kappa shape index (κ3) is 4.46. The van der Waals surface area contributed by atoms with E-state index in [1.165, 1.54) is 24.4 Å². The van der Waals surface area contributed by atoms with E-state index in [1.807, 2.05) is 4.90 Å². The fraction of sp³-hybridized carbons (Fsp3) is 0.360. The molecule has 0 bridgehead atoms. The molecule has 2 fully saturated rings. The lowest BCUT2D eigenvalue weighted by molar-refractivity contribution is -0.138. The Hall–Kier alpha value is -3.77. The van der Waals surface area contributed by atoms with Crippen molar-refractivity contribution >= 4 is 34.3 Å². The van der Waals surface area contributed by atoms with Crippen molar-refractivity contribution in [1.29, 1.82) is 0 Å². The predicted octanol–water partition coefficient (Wildman–Crippen LogP) is 2.53. The van der Waals surface area contributed by atoms with Crippen LogP contribution in [0.25, 0.3) is 11.0 Å². The second-order valence-electron chi connectivity index (χ2n) is 8.94. The Morgan fingerprint density at radius 2 is 1.89 bits per heavy atom. The average Bonchev–Trinajstić information content (AvgIpc) is 3.40. The highest BCUT2D eigenvalue weighted by atomic mass is 19.2. The number of nitrogens with zero attached hydrogens (tertiary/aromatic N) is 4. The lowest BCUT2D eigenvalue weighted by atomic mass is 10.00. The number of hydrogen-bond acceptors (Lipinski definition) is 8. The van der Waals surface area contributed by atoms with Crippen molar-refractivity contribution in [2.45, 2.75) is 24.9 Å².